The van der Waals surface area contributed by atoms with Crippen molar-refractivity contribution in [3.63, 3.8) is 0 Å². The minimum Gasteiger partial charge on any atom is -0.486 e. The van der Waals surface area contributed by atoms with E-state index in [1.807, 2.05) is 24.3 Å². The number of benzene rings is 2. The molecule has 0 bridgehead atoms. The topological polar surface area (TPSA) is 123 Å². The monoisotopic (exact) mass is 506 g/mol. The Hall–Kier alpha value is -4.18. The Balaban J connectivity index is 1.33. The molecular formula is C26H26N4O5S. The molecule has 9 nitrogen and oxygen atoms in total. The van der Waals surface area contributed by atoms with E-state index in [4.69, 9.17) is 9.15 Å². The maximum absolute atomic E-state index is 12.6. The standard InChI is InChI=1S/C26H26N4O5S/c1-26(2,3)18-5-9-20(10-6-18)34-17-21-11-14-23(35-21)24(31)29-19-7-12-22(13-8-19)36(32,33)30-25-27-15-4-16-28-25/h4-16H,17H2,1-3H3,(H,29,31)(H,27,28,30). The van der Waals surface area contributed by atoms with Crippen molar-refractivity contribution in [2.24, 2.45) is 0 Å². The molecule has 0 saturated carbocycles. The molecule has 36 heavy (non-hydrogen) atoms. The zero-order valence-electron chi connectivity index (χ0n) is 20.1. The number of hydrogen-bond acceptors (Lipinski definition) is 7. The summed E-state index contributed by atoms with van der Waals surface area (Å²) in [5, 5.41) is 2.68. The Bertz CT molecular complexity index is 1430. The van der Waals surface area contributed by atoms with E-state index < -0.39 is 15.9 Å². The van der Waals surface area contributed by atoms with E-state index in [9.17, 15) is 13.2 Å². The Morgan fingerprint density at radius 3 is 2.25 bits per heavy atom. The van der Waals surface area contributed by atoms with E-state index in [2.05, 4.69) is 40.8 Å². The fourth-order valence-corrected chi connectivity index (χ4v) is 4.18. The van der Waals surface area contributed by atoms with Crippen molar-refractivity contribution < 1.29 is 22.4 Å². The Labute approximate surface area is 209 Å². The van der Waals surface area contributed by atoms with Gasteiger partial charge in [-0.3, -0.25) is 4.79 Å². The van der Waals surface area contributed by atoms with Crippen LogP contribution in [0.1, 0.15) is 42.6 Å². The molecule has 4 aromatic rings. The number of hydrogen-bond donors (Lipinski definition) is 2. The molecule has 0 atom stereocenters. The van der Waals surface area contributed by atoms with E-state index in [0.717, 1.165) is 0 Å². The number of nitrogens with zero attached hydrogens (tertiary/aromatic N) is 2. The maximum Gasteiger partial charge on any atom is 0.291 e. The van der Waals surface area contributed by atoms with Crippen LogP contribution in [0.3, 0.4) is 0 Å². The number of aromatic nitrogens is 2. The SMILES string of the molecule is CC(C)(C)c1ccc(OCc2ccc(C(=O)Nc3ccc(S(=O)(=O)Nc4ncccn4)cc3)o2)cc1. The third kappa shape index (κ3) is 6.28. The average molecular weight is 507 g/mol. The lowest BCUT2D eigenvalue weighted by molar-refractivity contribution is 0.0992. The molecule has 0 saturated heterocycles. The fraction of sp³-hybridized carbons (Fsp3) is 0.192. The molecule has 0 spiro atoms. The zero-order chi connectivity index (χ0) is 25.8. The van der Waals surface area contributed by atoms with Gasteiger partial charge in [-0.05, 0) is 65.6 Å². The second kappa shape index (κ2) is 10.2. The summed E-state index contributed by atoms with van der Waals surface area (Å²) in [7, 11) is -3.87. The van der Waals surface area contributed by atoms with Crippen LogP contribution in [0.5, 0.6) is 5.75 Å². The molecule has 2 heterocycles. The molecule has 0 fully saturated rings. The summed E-state index contributed by atoms with van der Waals surface area (Å²) in [5.74, 6) is 0.803. The highest BCUT2D eigenvalue weighted by Crippen LogP contribution is 2.25. The molecule has 186 valence electrons. The van der Waals surface area contributed by atoms with Gasteiger partial charge >= 0.3 is 0 Å². The molecule has 0 aliphatic carbocycles. The van der Waals surface area contributed by atoms with Crippen LogP contribution in [-0.4, -0.2) is 24.3 Å². The van der Waals surface area contributed by atoms with Gasteiger partial charge in [0.2, 0.25) is 5.95 Å². The molecule has 0 aliphatic heterocycles. The van der Waals surface area contributed by atoms with Crippen molar-refractivity contribution in [2.45, 2.75) is 37.7 Å². The van der Waals surface area contributed by atoms with Gasteiger partial charge in [0.25, 0.3) is 15.9 Å². The summed E-state index contributed by atoms with van der Waals surface area (Å²) < 4.78 is 38.6. The van der Waals surface area contributed by atoms with Gasteiger partial charge in [0.1, 0.15) is 18.1 Å². The second-order valence-corrected chi connectivity index (χ2v) is 10.7. The molecule has 2 aromatic heterocycles. The number of carbonyl (C=O) groups excluding carboxylic acids is 1. The Kier molecular flexibility index (Phi) is 7.07. The molecule has 2 aromatic carbocycles. The number of amides is 1. The summed E-state index contributed by atoms with van der Waals surface area (Å²) in [6.07, 6.45) is 2.86. The van der Waals surface area contributed by atoms with Crippen molar-refractivity contribution >= 4 is 27.6 Å². The van der Waals surface area contributed by atoms with Gasteiger partial charge in [0.15, 0.2) is 5.76 Å². The van der Waals surface area contributed by atoms with Crippen LogP contribution >= 0.6 is 0 Å². The fourth-order valence-electron chi connectivity index (χ4n) is 3.22. The normalized spacial score (nSPS) is 11.6. The van der Waals surface area contributed by atoms with E-state index in [1.54, 1.807) is 18.2 Å². The molecular weight excluding hydrogens is 480 g/mol. The van der Waals surface area contributed by atoms with Crippen molar-refractivity contribution in [3.05, 3.63) is 96.2 Å². The van der Waals surface area contributed by atoms with Crippen molar-refractivity contribution in [2.75, 3.05) is 10.0 Å². The number of carbonyl (C=O) groups is 1. The lowest BCUT2D eigenvalue weighted by atomic mass is 9.87. The molecule has 10 heteroatoms. The van der Waals surface area contributed by atoms with E-state index in [-0.39, 0.29) is 28.6 Å². The predicted molar refractivity (Wildman–Crippen MR) is 135 cm³/mol. The van der Waals surface area contributed by atoms with Gasteiger partial charge in [-0.15, -0.1) is 0 Å². The van der Waals surface area contributed by atoms with E-state index >= 15 is 0 Å². The van der Waals surface area contributed by atoms with Crippen LogP contribution in [-0.2, 0) is 22.0 Å². The third-order valence-corrected chi connectivity index (χ3v) is 6.54. The Morgan fingerprint density at radius 1 is 0.944 bits per heavy atom. The van der Waals surface area contributed by atoms with Crippen molar-refractivity contribution in [3.8, 4) is 5.75 Å². The first kappa shape index (κ1) is 24.9. The second-order valence-electron chi connectivity index (χ2n) is 8.99. The molecule has 0 radical (unpaired) electrons. The number of sulfonamides is 1. The van der Waals surface area contributed by atoms with Crippen LogP contribution in [0.2, 0.25) is 0 Å². The lowest BCUT2D eigenvalue weighted by Gasteiger charge is -2.19. The van der Waals surface area contributed by atoms with Crippen LogP contribution in [0.25, 0.3) is 0 Å². The molecule has 2 N–H and O–H groups in total. The van der Waals surface area contributed by atoms with Crippen LogP contribution < -0.4 is 14.8 Å². The van der Waals surface area contributed by atoms with E-state index in [1.165, 1.54) is 42.2 Å². The minimum absolute atomic E-state index is 0.000850. The number of furan rings is 1. The summed E-state index contributed by atoms with van der Waals surface area (Å²) >= 11 is 0. The molecule has 4 rings (SSSR count). The van der Waals surface area contributed by atoms with Crippen molar-refractivity contribution in [1.82, 2.24) is 9.97 Å². The summed E-state index contributed by atoms with van der Waals surface area (Å²) in [6, 6.07) is 18.4. The lowest BCUT2D eigenvalue weighted by Crippen LogP contribution is -2.15. The largest absolute Gasteiger partial charge is 0.486 e. The van der Waals surface area contributed by atoms with Gasteiger partial charge in [0.05, 0.1) is 4.90 Å². The minimum atomic E-state index is -3.87. The molecule has 1 amide bonds. The van der Waals surface area contributed by atoms with Crippen LogP contribution in [0.4, 0.5) is 11.6 Å². The quantitative estimate of drug-likeness (QED) is 0.345. The van der Waals surface area contributed by atoms with Gasteiger partial charge < -0.3 is 14.5 Å². The highest BCUT2D eigenvalue weighted by atomic mass is 32.2. The number of anilines is 2. The first-order valence-electron chi connectivity index (χ1n) is 11.1. The summed E-state index contributed by atoms with van der Waals surface area (Å²) in [6.45, 7) is 6.61. The summed E-state index contributed by atoms with van der Waals surface area (Å²) in [4.78, 5) is 20.3. The molecule has 0 unspecified atom stereocenters. The first-order chi connectivity index (χ1) is 17.1. The van der Waals surface area contributed by atoms with Gasteiger partial charge in [-0.25, -0.2) is 23.1 Å². The highest BCUT2D eigenvalue weighted by Gasteiger charge is 2.17. The summed E-state index contributed by atoms with van der Waals surface area (Å²) in [5.41, 5.74) is 1.67. The number of ether oxygens (including phenoxy) is 1. The van der Waals surface area contributed by atoms with E-state index in [0.29, 0.717) is 17.2 Å². The smallest absolute Gasteiger partial charge is 0.291 e. The van der Waals surface area contributed by atoms with Crippen molar-refractivity contribution in [1.29, 1.82) is 0 Å². The Morgan fingerprint density at radius 2 is 1.61 bits per heavy atom. The van der Waals surface area contributed by atoms with Gasteiger partial charge in [-0.2, -0.15) is 0 Å². The predicted octanol–water partition coefficient (Wildman–Crippen LogP) is 5.00. The third-order valence-electron chi connectivity index (χ3n) is 5.20. The maximum atomic E-state index is 12.6. The number of rotatable bonds is 8. The highest BCUT2D eigenvalue weighted by molar-refractivity contribution is 7.92. The molecule has 0 aliphatic rings. The first-order valence-corrected chi connectivity index (χ1v) is 12.6. The average Bonchev–Trinajstić information content (AvgIpc) is 3.33. The number of nitrogens with one attached hydrogen (secondary N) is 2. The zero-order valence-corrected chi connectivity index (χ0v) is 20.9. The van der Waals surface area contributed by atoms with Crippen LogP contribution in [0, 0.1) is 0 Å². The van der Waals surface area contributed by atoms with Gasteiger partial charge in [0, 0.05) is 18.1 Å². The van der Waals surface area contributed by atoms with Crippen LogP contribution in [0.15, 0.2) is 88.4 Å². The van der Waals surface area contributed by atoms with Gasteiger partial charge in [-0.1, -0.05) is 32.9 Å².